The first kappa shape index (κ1) is 16.0. The van der Waals surface area contributed by atoms with Crippen molar-refractivity contribution in [1.82, 2.24) is 0 Å². The highest BCUT2D eigenvalue weighted by atomic mass is 19.2. The molecule has 1 nitrogen and oxygen atoms in total. The predicted molar refractivity (Wildman–Crippen MR) is 88.6 cm³/mol. The Morgan fingerprint density at radius 2 is 1.57 bits per heavy atom. The van der Waals surface area contributed by atoms with E-state index in [2.05, 4.69) is 6.92 Å². The van der Waals surface area contributed by atoms with Gasteiger partial charge in [0.15, 0.2) is 11.6 Å². The number of benzene rings is 2. The van der Waals surface area contributed by atoms with E-state index >= 15 is 0 Å². The molecule has 2 aromatic rings. The van der Waals surface area contributed by atoms with Crippen molar-refractivity contribution in [2.75, 3.05) is 0 Å². The number of aryl methyl sites for hydroxylation is 1. The van der Waals surface area contributed by atoms with E-state index in [4.69, 9.17) is 0 Å². The van der Waals surface area contributed by atoms with E-state index in [-0.39, 0.29) is 5.56 Å². The molecule has 0 aromatic heterocycles. The maximum Gasteiger partial charge on any atom is 0.201 e. The molecule has 1 aliphatic rings. The maximum absolute atomic E-state index is 14.1. The van der Waals surface area contributed by atoms with Crippen molar-refractivity contribution in [3.8, 4) is 16.9 Å². The molecule has 1 aliphatic carbocycles. The van der Waals surface area contributed by atoms with Gasteiger partial charge in [-0.15, -0.1) is 0 Å². The summed E-state index contributed by atoms with van der Waals surface area (Å²) in [6, 6.07) is 9.24. The van der Waals surface area contributed by atoms with Gasteiger partial charge in [0.05, 0.1) is 0 Å². The standard InChI is InChI=1S/C20H22F2O/c1-12-3-5-14(6-4-12)15-7-9-16(10-8-15)17-11-13(2)20(23)19(22)18(17)21/h7-12,14,23H,3-6H2,1-2H3. The normalized spacial score (nSPS) is 21.4. The topological polar surface area (TPSA) is 20.2 Å². The van der Waals surface area contributed by atoms with Gasteiger partial charge in [-0.1, -0.05) is 44.0 Å². The van der Waals surface area contributed by atoms with Crippen molar-refractivity contribution in [3.63, 3.8) is 0 Å². The van der Waals surface area contributed by atoms with Crippen LogP contribution >= 0.6 is 0 Å². The highest BCUT2D eigenvalue weighted by molar-refractivity contribution is 5.67. The zero-order chi connectivity index (χ0) is 16.6. The predicted octanol–water partition coefficient (Wildman–Crippen LogP) is 5.94. The molecule has 0 amide bonds. The largest absolute Gasteiger partial charge is 0.505 e. The molecule has 0 bridgehead atoms. The van der Waals surface area contributed by atoms with E-state index in [0.717, 1.165) is 5.92 Å². The average Bonchev–Trinajstić information content (AvgIpc) is 2.57. The van der Waals surface area contributed by atoms with Crippen molar-refractivity contribution < 1.29 is 13.9 Å². The Labute approximate surface area is 136 Å². The lowest BCUT2D eigenvalue weighted by atomic mass is 9.79. The summed E-state index contributed by atoms with van der Waals surface area (Å²) in [4.78, 5) is 0. The van der Waals surface area contributed by atoms with E-state index in [1.807, 2.05) is 24.3 Å². The van der Waals surface area contributed by atoms with Crippen molar-refractivity contribution in [3.05, 3.63) is 53.1 Å². The number of phenols is 1. The molecular weight excluding hydrogens is 294 g/mol. The van der Waals surface area contributed by atoms with Gasteiger partial charge in [-0.2, -0.15) is 4.39 Å². The summed E-state index contributed by atoms with van der Waals surface area (Å²) >= 11 is 0. The van der Waals surface area contributed by atoms with E-state index in [9.17, 15) is 13.9 Å². The summed E-state index contributed by atoms with van der Waals surface area (Å²) < 4.78 is 27.8. The monoisotopic (exact) mass is 316 g/mol. The summed E-state index contributed by atoms with van der Waals surface area (Å²) in [6.45, 7) is 3.86. The Bertz CT molecular complexity index is 699. The second kappa shape index (κ2) is 6.31. The maximum atomic E-state index is 14.1. The van der Waals surface area contributed by atoms with Crippen LogP contribution in [-0.2, 0) is 0 Å². The number of phenolic OH excluding ortho intramolecular Hbond substituents is 1. The van der Waals surface area contributed by atoms with Gasteiger partial charge in [0.25, 0.3) is 0 Å². The SMILES string of the molecule is Cc1cc(-c2ccc(C3CCC(C)CC3)cc2)c(F)c(F)c1O. The molecule has 1 N–H and O–H groups in total. The molecule has 1 fully saturated rings. The number of hydrogen-bond donors (Lipinski definition) is 1. The Kier molecular flexibility index (Phi) is 4.38. The minimum atomic E-state index is -1.18. The Hall–Kier alpha value is -1.90. The van der Waals surface area contributed by atoms with Crippen LogP contribution in [0.15, 0.2) is 30.3 Å². The van der Waals surface area contributed by atoms with Crippen LogP contribution in [0.5, 0.6) is 5.75 Å². The highest BCUT2D eigenvalue weighted by Crippen LogP contribution is 2.37. The third-order valence-corrected chi connectivity index (χ3v) is 5.08. The van der Waals surface area contributed by atoms with Gasteiger partial charge in [-0.3, -0.25) is 0 Å². The molecule has 0 saturated heterocycles. The van der Waals surface area contributed by atoms with E-state index < -0.39 is 17.4 Å². The van der Waals surface area contributed by atoms with Gasteiger partial charge in [0.2, 0.25) is 5.82 Å². The first-order chi connectivity index (χ1) is 11.0. The molecule has 0 aliphatic heterocycles. The minimum absolute atomic E-state index is 0.196. The Morgan fingerprint density at radius 1 is 0.957 bits per heavy atom. The quantitative estimate of drug-likeness (QED) is 0.727. The lowest BCUT2D eigenvalue weighted by Gasteiger charge is -2.26. The molecule has 23 heavy (non-hydrogen) atoms. The molecule has 0 spiro atoms. The van der Waals surface area contributed by atoms with Gasteiger partial charge in [-0.05, 0) is 54.4 Å². The fourth-order valence-corrected chi connectivity index (χ4v) is 3.48. The smallest absolute Gasteiger partial charge is 0.201 e. The highest BCUT2D eigenvalue weighted by Gasteiger charge is 2.20. The fourth-order valence-electron chi connectivity index (χ4n) is 3.48. The third kappa shape index (κ3) is 3.10. The van der Waals surface area contributed by atoms with Crippen LogP contribution in [0.4, 0.5) is 8.78 Å². The second-order valence-corrected chi connectivity index (χ2v) is 6.80. The molecule has 0 atom stereocenters. The van der Waals surface area contributed by atoms with Gasteiger partial charge >= 0.3 is 0 Å². The van der Waals surface area contributed by atoms with Crippen molar-refractivity contribution in [1.29, 1.82) is 0 Å². The molecule has 122 valence electrons. The van der Waals surface area contributed by atoms with Crippen LogP contribution < -0.4 is 0 Å². The first-order valence-electron chi connectivity index (χ1n) is 8.25. The number of halogens is 2. The first-order valence-corrected chi connectivity index (χ1v) is 8.25. The lowest BCUT2D eigenvalue weighted by molar-refractivity contribution is 0.348. The van der Waals surface area contributed by atoms with E-state index in [0.29, 0.717) is 17.0 Å². The molecule has 0 unspecified atom stereocenters. The van der Waals surface area contributed by atoms with Gasteiger partial charge in [0, 0.05) is 5.56 Å². The molecule has 0 heterocycles. The van der Waals surface area contributed by atoms with Gasteiger partial charge < -0.3 is 5.11 Å². The zero-order valence-corrected chi connectivity index (χ0v) is 13.6. The third-order valence-electron chi connectivity index (χ3n) is 5.08. The van der Waals surface area contributed by atoms with Crippen LogP contribution in [0.25, 0.3) is 11.1 Å². The Morgan fingerprint density at radius 3 is 2.17 bits per heavy atom. The van der Waals surface area contributed by atoms with Gasteiger partial charge in [-0.25, -0.2) is 4.39 Å². The summed E-state index contributed by atoms with van der Waals surface area (Å²) in [5, 5.41) is 9.48. The lowest BCUT2D eigenvalue weighted by Crippen LogP contribution is -2.10. The van der Waals surface area contributed by atoms with E-state index in [1.165, 1.54) is 37.3 Å². The molecular formula is C20H22F2O. The fraction of sp³-hybridized carbons (Fsp3) is 0.400. The number of rotatable bonds is 2. The van der Waals surface area contributed by atoms with Crippen LogP contribution in [0.2, 0.25) is 0 Å². The summed E-state index contributed by atoms with van der Waals surface area (Å²) in [7, 11) is 0. The summed E-state index contributed by atoms with van der Waals surface area (Å²) in [5.41, 5.74) is 2.44. The number of hydrogen-bond acceptors (Lipinski definition) is 1. The van der Waals surface area contributed by atoms with Crippen molar-refractivity contribution in [2.45, 2.75) is 45.4 Å². The molecule has 3 rings (SSSR count). The van der Waals surface area contributed by atoms with Crippen LogP contribution in [0.1, 0.15) is 49.7 Å². The number of aromatic hydroxyl groups is 1. The van der Waals surface area contributed by atoms with Crippen molar-refractivity contribution >= 4 is 0 Å². The molecule has 1 saturated carbocycles. The summed E-state index contributed by atoms with van der Waals surface area (Å²) in [5.74, 6) is -1.40. The second-order valence-electron chi connectivity index (χ2n) is 6.80. The van der Waals surface area contributed by atoms with E-state index in [1.54, 1.807) is 6.92 Å². The Balaban J connectivity index is 1.88. The van der Waals surface area contributed by atoms with Crippen LogP contribution in [0, 0.1) is 24.5 Å². The molecule has 0 radical (unpaired) electrons. The van der Waals surface area contributed by atoms with Crippen LogP contribution in [0.3, 0.4) is 0 Å². The van der Waals surface area contributed by atoms with Gasteiger partial charge in [0.1, 0.15) is 0 Å². The minimum Gasteiger partial charge on any atom is -0.505 e. The van der Waals surface area contributed by atoms with Crippen molar-refractivity contribution in [2.24, 2.45) is 5.92 Å². The molecule has 3 heteroatoms. The zero-order valence-electron chi connectivity index (χ0n) is 13.6. The molecule has 2 aromatic carbocycles. The van der Waals surface area contributed by atoms with Crippen LogP contribution in [-0.4, -0.2) is 5.11 Å². The average molecular weight is 316 g/mol. The summed E-state index contributed by atoms with van der Waals surface area (Å²) in [6.07, 6.45) is 4.90.